The first-order chi connectivity index (χ1) is 7.02. The van der Waals surface area contributed by atoms with Gasteiger partial charge in [0.2, 0.25) is 0 Å². The lowest BCUT2D eigenvalue weighted by molar-refractivity contribution is 0.0823. The van der Waals surface area contributed by atoms with E-state index in [0.717, 1.165) is 0 Å². The third kappa shape index (κ3) is 3.33. The fourth-order valence-electron chi connectivity index (χ4n) is 1.03. The lowest BCUT2D eigenvalue weighted by Gasteiger charge is -2.11. The number of hydrogen-bond donors (Lipinski definition) is 2. The molecule has 0 atom stereocenters. The Morgan fingerprint density at radius 3 is 2.60 bits per heavy atom. The number of hydrogen-bond acceptors (Lipinski definition) is 3. The van der Waals surface area contributed by atoms with Crippen molar-refractivity contribution in [1.29, 1.82) is 0 Å². The largest absolute Gasteiger partial charge is 0.492 e. The Morgan fingerprint density at radius 1 is 1.40 bits per heavy atom. The summed E-state index contributed by atoms with van der Waals surface area (Å²) in [6, 6.07) is 4.21. The van der Waals surface area contributed by atoms with Crippen LogP contribution in [0.25, 0.3) is 0 Å². The van der Waals surface area contributed by atoms with Crippen molar-refractivity contribution in [3.8, 4) is 5.75 Å². The molecule has 0 unspecified atom stereocenters. The molecule has 0 radical (unpaired) electrons. The molecule has 0 amide bonds. The van der Waals surface area contributed by atoms with Gasteiger partial charge in [-0.3, -0.25) is 0 Å². The Morgan fingerprint density at radius 2 is 2.07 bits per heavy atom. The molecule has 1 aromatic carbocycles. The summed E-state index contributed by atoms with van der Waals surface area (Å²) in [4.78, 5) is 0. The molecule has 7 heteroatoms. The molecule has 0 aliphatic heterocycles. The van der Waals surface area contributed by atoms with Crippen LogP contribution in [0, 0.1) is 0 Å². The second kappa shape index (κ2) is 5.30. The molecule has 0 fully saturated rings. The molecule has 0 aliphatic carbocycles. The van der Waals surface area contributed by atoms with Gasteiger partial charge in [0.25, 0.3) is 6.43 Å². The maximum Gasteiger partial charge on any atom is 0.492 e. The van der Waals surface area contributed by atoms with Gasteiger partial charge >= 0.3 is 7.12 Å². The summed E-state index contributed by atoms with van der Waals surface area (Å²) in [5, 5.41) is 17.9. The number of benzene rings is 1. The van der Waals surface area contributed by atoms with Gasteiger partial charge in [-0.1, -0.05) is 23.7 Å². The standard InChI is InChI=1S/C8H8BClF2O3/c10-6-3-1-2-5(9(13)14)8(6)15-4-7(11)12/h1-3,7,13-14H,4H2. The van der Waals surface area contributed by atoms with Crippen LogP contribution in [0.15, 0.2) is 18.2 Å². The highest BCUT2D eigenvalue weighted by Crippen LogP contribution is 2.22. The smallest absolute Gasteiger partial charge is 0.486 e. The topological polar surface area (TPSA) is 49.7 Å². The van der Waals surface area contributed by atoms with Gasteiger partial charge in [0.15, 0.2) is 0 Å². The SMILES string of the molecule is OB(O)c1cccc(Cl)c1OCC(F)F. The highest BCUT2D eigenvalue weighted by atomic mass is 35.5. The van der Waals surface area contributed by atoms with E-state index in [1.165, 1.54) is 18.2 Å². The van der Waals surface area contributed by atoms with Crippen LogP contribution in [-0.2, 0) is 0 Å². The van der Waals surface area contributed by atoms with Crippen molar-refractivity contribution in [3.05, 3.63) is 23.2 Å². The first-order valence-corrected chi connectivity index (χ1v) is 4.45. The fraction of sp³-hybridized carbons (Fsp3) is 0.250. The molecule has 0 saturated heterocycles. The molecule has 0 heterocycles. The summed E-state index contributed by atoms with van der Waals surface area (Å²) < 4.78 is 28.5. The van der Waals surface area contributed by atoms with Crippen LogP contribution in [-0.4, -0.2) is 30.2 Å². The van der Waals surface area contributed by atoms with E-state index in [9.17, 15) is 8.78 Å². The highest BCUT2D eigenvalue weighted by molar-refractivity contribution is 6.60. The first kappa shape index (κ1) is 12.2. The monoisotopic (exact) mass is 236 g/mol. The van der Waals surface area contributed by atoms with Crippen LogP contribution in [0.3, 0.4) is 0 Å². The minimum atomic E-state index is -2.65. The van der Waals surface area contributed by atoms with Crippen molar-refractivity contribution in [3.63, 3.8) is 0 Å². The minimum Gasteiger partial charge on any atom is -0.486 e. The minimum absolute atomic E-state index is 0.0387. The second-order valence-electron chi connectivity index (χ2n) is 2.73. The molecule has 1 aromatic rings. The number of alkyl halides is 2. The Bertz CT molecular complexity index is 336. The van der Waals surface area contributed by atoms with Crippen molar-refractivity contribution >= 4 is 24.2 Å². The summed E-state index contributed by atoms with van der Waals surface area (Å²) in [7, 11) is -1.81. The highest BCUT2D eigenvalue weighted by Gasteiger charge is 2.20. The zero-order valence-corrected chi connectivity index (χ0v) is 8.29. The van der Waals surface area contributed by atoms with Gasteiger partial charge in [-0.15, -0.1) is 0 Å². The number of para-hydroxylation sites is 1. The number of rotatable bonds is 4. The molecule has 1 rings (SSSR count). The van der Waals surface area contributed by atoms with E-state index >= 15 is 0 Å². The maximum absolute atomic E-state index is 11.9. The molecular weight excluding hydrogens is 228 g/mol. The zero-order valence-electron chi connectivity index (χ0n) is 7.53. The van der Waals surface area contributed by atoms with Crippen LogP contribution >= 0.6 is 11.6 Å². The molecular formula is C8H8BClF2O3. The van der Waals surface area contributed by atoms with E-state index in [1.54, 1.807) is 0 Å². The average molecular weight is 236 g/mol. The molecule has 2 N–H and O–H groups in total. The Balaban J connectivity index is 2.92. The predicted molar refractivity (Wildman–Crippen MR) is 52.8 cm³/mol. The van der Waals surface area contributed by atoms with E-state index < -0.39 is 20.2 Å². The third-order valence-electron chi connectivity index (χ3n) is 1.63. The normalized spacial score (nSPS) is 10.5. The third-order valence-corrected chi connectivity index (χ3v) is 1.93. The second-order valence-corrected chi connectivity index (χ2v) is 3.14. The van der Waals surface area contributed by atoms with E-state index in [-0.39, 0.29) is 16.2 Å². The van der Waals surface area contributed by atoms with Gasteiger partial charge in [-0.25, -0.2) is 8.78 Å². The lowest BCUT2D eigenvalue weighted by Crippen LogP contribution is -2.32. The summed E-state index contributed by atoms with van der Waals surface area (Å²) in [6.07, 6.45) is -2.65. The number of halogens is 3. The maximum atomic E-state index is 11.9. The summed E-state index contributed by atoms with van der Waals surface area (Å²) in [5.41, 5.74) is -0.0387. The molecule has 0 aromatic heterocycles. The van der Waals surface area contributed by atoms with Gasteiger partial charge in [-0.05, 0) is 6.07 Å². The zero-order chi connectivity index (χ0) is 11.4. The Kier molecular flexibility index (Phi) is 4.32. The molecule has 82 valence electrons. The average Bonchev–Trinajstić information content (AvgIpc) is 2.15. The number of ether oxygens (including phenoxy) is 1. The first-order valence-electron chi connectivity index (χ1n) is 4.08. The van der Waals surface area contributed by atoms with E-state index in [2.05, 4.69) is 4.74 Å². The van der Waals surface area contributed by atoms with Crippen molar-refractivity contribution in [1.82, 2.24) is 0 Å². The van der Waals surface area contributed by atoms with Crippen LogP contribution in [0.1, 0.15) is 0 Å². The van der Waals surface area contributed by atoms with Crippen molar-refractivity contribution < 1.29 is 23.6 Å². The Hall–Kier alpha value is -0.845. The van der Waals surface area contributed by atoms with E-state index in [1.807, 2.05) is 0 Å². The summed E-state index contributed by atoms with van der Waals surface area (Å²) in [6.45, 7) is -0.844. The van der Waals surface area contributed by atoms with Crippen molar-refractivity contribution in [2.75, 3.05) is 6.61 Å². The summed E-state index contributed by atoms with van der Waals surface area (Å²) >= 11 is 5.66. The van der Waals surface area contributed by atoms with Crippen molar-refractivity contribution in [2.24, 2.45) is 0 Å². The van der Waals surface area contributed by atoms with Crippen LogP contribution in [0.2, 0.25) is 5.02 Å². The fourth-order valence-corrected chi connectivity index (χ4v) is 1.26. The van der Waals surface area contributed by atoms with Gasteiger partial charge in [-0.2, -0.15) is 0 Å². The quantitative estimate of drug-likeness (QED) is 0.755. The van der Waals surface area contributed by atoms with Crippen LogP contribution < -0.4 is 10.2 Å². The predicted octanol–water partition coefficient (Wildman–Crippen LogP) is 0.664. The van der Waals surface area contributed by atoms with Gasteiger partial charge < -0.3 is 14.8 Å². The summed E-state index contributed by atoms with van der Waals surface area (Å²) in [5.74, 6) is -0.130. The molecule has 0 bridgehead atoms. The molecule has 3 nitrogen and oxygen atoms in total. The van der Waals surface area contributed by atoms with Crippen LogP contribution in [0.5, 0.6) is 5.75 Å². The van der Waals surface area contributed by atoms with Gasteiger partial charge in [0.1, 0.15) is 12.4 Å². The lowest BCUT2D eigenvalue weighted by atomic mass is 9.79. The molecule has 15 heavy (non-hydrogen) atoms. The van der Waals surface area contributed by atoms with E-state index in [0.29, 0.717) is 0 Å². The van der Waals surface area contributed by atoms with Crippen molar-refractivity contribution in [2.45, 2.75) is 6.43 Å². The van der Waals surface area contributed by atoms with Gasteiger partial charge in [0, 0.05) is 5.46 Å². The molecule has 0 saturated carbocycles. The molecule has 0 aliphatic rings. The Labute approximate surface area is 90.4 Å². The van der Waals surface area contributed by atoms with Crippen LogP contribution in [0.4, 0.5) is 8.78 Å². The van der Waals surface area contributed by atoms with E-state index in [4.69, 9.17) is 21.6 Å². The van der Waals surface area contributed by atoms with Gasteiger partial charge in [0.05, 0.1) is 5.02 Å². The molecule has 0 spiro atoms.